The topological polar surface area (TPSA) is 23.6 Å². The van der Waals surface area contributed by atoms with Gasteiger partial charge in [-0.25, -0.2) is 4.39 Å². The fraction of sp³-hybridized carbons (Fsp3) is 0.316. The van der Waals surface area contributed by atoms with Crippen LogP contribution in [-0.4, -0.2) is 37.0 Å². The van der Waals surface area contributed by atoms with Crippen LogP contribution in [0.15, 0.2) is 42.5 Å². The molecule has 0 radical (unpaired) electrons. The summed E-state index contributed by atoms with van der Waals surface area (Å²) in [5, 5.41) is 0. The first-order chi connectivity index (χ1) is 11.1. The maximum absolute atomic E-state index is 13.9. The summed E-state index contributed by atoms with van der Waals surface area (Å²) in [7, 11) is 0. The summed E-state index contributed by atoms with van der Waals surface area (Å²) >= 11 is 0. The summed E-state index contributed by atoms with van der Waals surface area (Å²) in [6.45, 7) is 6.51. The molecule has 1 amide bonds. The van der Waals surface area contributed by atoms with Crippen LogP contribution in [0.1, 0.15) is 21.5 Å². The third kappa shape index (κ3) is 3.21. The number of amides is 1. The molecule has 0 unspecified atom stereocenters. The predicted molar refractivity (Wildman–Crippen MR) is 90.4 cm³/mol. The zero-order valence-corrected chi connectivity index (χ0v) is 13.6. The molecule has 0 N–H and O–H groups in total. The fourth-order valence-electron chi connectivity index (χ4n) is 3.08. The molecule has 1 aliphatic heterocycles. The van der Waals surface area contributed by atoms with Crippen LogP contribution in [0.3, 0.4) is 0 Å². The number of rotatable bonds is 2. The van der Waals surface area contributed by atoms with Crippen molar-refractivity contribution in [2.75, 3.05) is 31.1 Å². The van der Waals surface area contributed by atoms with Crippen LogP contribution in [0.5, 0.6) is 0 Å². The molecule has 120 valence electrons. The van der Waals surface area contributed by atoms with Gasteiger partial charge in [-0.15, -0.1) is 0 Å². The van der Waals surface area contributed by atoms with E-state index in [2.05, 4.69) is 0 Å². The van der Waals surface area contributed by atoms with Gasteiger partial charge in [-0.1, -0.05) is 29.8 Å². The van der Waals surface area contributed by atoms with Gasteiger partial charge in [0.1, 0.15) is 5.82 Å². The second kappa shape index (κ2) is 6.41. The minimum atomic E-state index is -0.207. The second-order valence-electron chi connectivity index (χ2n) is 6.05. The van der Waals surface area contributed by atoms with Crippen molar-refractivity contribution in [1.29, 1.82) is 0 Å². The number of hydrogen-bond acceptors (Lipinski definition) is 2. The van der Waals surface area contributed by atoms with E-state index in [0.29, 0.717) is 31.9 Å². The van der Waals surface area contributed by atoms with Crippen molar-refractivity contribution in [2.45, 2.75) is 13.8 Å². The zero-order valence-electron chi connectivity index (χ0n) is 13.6. The van der Waals surface area contributed by atoms with E-state index in [1.54, 1.807) is 12.1 Å². The molecule has 0 bridgehead atoms. The van der Waals surface area contributed by atoms with Crippen LogP contribution < -0.4 is 4.90 Å². The average Bonchev–Trinajstić information content (AvgIpc) is 2.55. The van der Waals surface area contributed by atoms with Crippen molar-refractivity contribution < 1.29 is 9.18 Å². The maximum atomic E-state index is 13.9. The molecule has 0 aromatic heterocycles. The molecule has 0 saturated carbocycles. The van der Waals surface area contributed by atoms with Gasteiger partial charge >= 0.3 is 0 Å². The molecule has 4 heteroatoms. The first-order valence-corrected chi connectivity index (χ1v) is 7.92. The minimum Gasteiger partial charge on any atom is -0.366 e. The molecule has 23 heavy (non-hydrogen) atoms. The van der Waals surface area contributed by atoms with E-state index < -0.39 is 0 Å². The van der Waals surface area contributed by atoms with Crippen molar-refractivity contribution >= 4 is 11.6 Å². The molecule has 2 aromatic carbocycles. The highest BCUT2D eigenvalue weighted by molar-refractivity contribution is 5.95. The van der Waals surface area contributed by atoms with Crippen molar-refractivity contribution in [3.05, 3.63) is 65.0 Å². The molecular formula is C19H21FN2O. The SMILES string of the molecule is Cc1ccc(C(=O)N2CCN(c3ccccc3F)CC2)c(C)c1. The van der Waals surface area contributed by atoms with Crippen LogP contribution in [0, 0.1) is 19.7 Å². The van der Waals surface area contributed by atoms with Crippen molar-refractivity contribution in [3.8, 4) is 0 Å². The molecule has 1 saturated heterocycles. The Morgan fingerprint density at radius 1 is 1.00 bits per heavy atom. The van der Waals surface area contributed by atoms with E-state index in [9.17, 15) is 9.18 Å². The largest absolute Gasteiger partial charge is 0.366 e. The number of hydrogen-bond donors (Lipinski definition) is 0. The number of nitrogens with zero attached hydrogens (tertiary/aromatic N) is 2. The molecule has 0 aliphatic carbocycles. The van der Waals surface area contributed by atoms with E-state index in [0.717, 1.165) is 16.7 Å². The number of benzene rings is 2. The predicted octanol–water partition coefficient (Wildman–Crippen LogP) is 3.40. The maximum Gasteiger partial charge on any atom is 0.254 e. The third-order valence-electron chi connectivity index (χ3n) is 4.37. The zero-order chi connectivity index (χ0) is 16.4. The number of piperazine rings is 1. The Labute approximate surface area is 136 Å². The lowest BCUT2D eigenvalue weighted by atomic mass is 10.0. The average molecular weight is 312 g/mol. The van der Waals surface area contributed by atoms with Gasteiger partial charge in [-0.2, -0.15) is 0 Å². The van der Waals surface area contributed by atoms with Crippen molar-refractivity contribution in [3.63, 3.8) is 0 Å². The Balaban J connectivity index is 1.69. The highest BCUT2D eigenvalue weighted by Crippen LogP contribution is 2.21. The Kier molecular flexibility index (Phi) is 4.33. The number of carbonyl (C=O) groups is 1. The first-order valence-electron chi connectivity index (χ1n) is 7.92. The number of halogens is 1. The normalized spacial score (nSPS) is 14.9. The van der Waals surface area contributed by atoms with Gasteiger partial charge in [0.2, 0.25) is 0 Å². The highest BCUT2D eigenvalue weighted by Gasteiger charge is 2.24. The lowest BCUT2D eigenvalue weighted by Gasteiger charge is -2.36. The summed E-state index contributed by atoms with van der Waals surface area (Å²) in [6.07, 6.45) is 0. The summed E-state index contributed by atoms with van der Waals surface area (Å²) in [5.41, 5.74) is 3.54. The van der Waals surface area contributed by atoms with Crippen molar-refractivity contribution in [2.24, 2.45) is 0 Å². The summed E-state index contributed by atoms with van der Waals surface area (Å²) in [6, 6.07) is 12.7. The number of anilines is 1. The van der Waals surface area contributed by atoms with Gasteiger partial charge in [-0.05, 0) is 37.6 Å². The summed E-state index contributed by atoms with van der Waals surface area (Å²) in [5.74, 6) is -0.141. The molecule has 1 fully saturated rings. The molecule has 0 atom stereocenters. The summed E-state index contributed by atoms with van der Waals surface area (Å²) < 4.78 is 13.9. The quantitative estimate of drug-likeness (QED) is 0.848. The van der Waals surface area contributed by atoms with Gasteiger partial charge in [0.15, 0.2) is 0 Å². The van der Waals surface area contributed by atoms with Gasteiger partial charge < -0.3 is 9.80 Å². The van der Waals surface area contributed by atoms with Crippen LogP contribution in [0.25, 0.3) is 0 Å². The standard InChI is InChI=1S/C19H21FN2O/c1-14-7-8-16(15(2)13-14)19(23)22-11-9-21(10-12-22)18-6-4-3-5-17(18)20/h3-8,13H,9-12H2,1-2H3. The van der Waals surface area contributed by atoms with Crippen LogP contribution in [0.4, 0.5) is 10.1 Å². The number of carbonyl (C=O) groups excluding carboxylic acids is 1. The molecule has 1 aliphatic rings. The van der Waals surface area contributed by atoms with E-state index in [-0.39, 0.29) is 11.7 Å². The van der Waals surface area contributed by atoms with Gasteiger partial charge in [0, 0.05) is 31.7 Å². The van der Waals surface area contributed by atoms with Gasteiger partial charge in [0.05, 0.1) is 5.69 Å². The Morgan fingerprint density at radius 2 is 1.70 bits per heavy atom. The Hall–Kier alpha value is -2.36. The Morgan fingerprint density at radius 3 is 2.35 bits per heavy atom. The van der Waals surface area contributed by atoms with E-state index >= 15 is 0 Å². The van der Waals surface area contributed by atoms with Crippen LogP contribution in [0.2, 0.25) is 0 Å². The minimum absolute atomic E-state index is 0.0654. The summed E-state index contributed by atoms with van der Waals surface area (Å²) in [4.78, 5) is 16.5. The molecule has 0 spiro atoms. The van der Waals surface area contributed by atoms with Gasteiger partial charge in [0.25, 0.3) is 5.91 Å². The first kappa shape index (κ1) is 15.5. The second-order valence-corrected chi connectivity index (χ2v) is 6.05. The Bertz CT molecular complexity index is 721. The monoisotopic (exact) mass is 312 g/mol. The van der Waals surface area contributed by atoms with Gasteiger partial charge in [-0.3, -0.25) is 4.79 Å². The molecule has 3 nitrogen and oxygen atoms in total. The lowest BCUT2D eigenvalue weighted by Crippen LogP contribution is -2.49. The van der Waals surface area contributed by atoms with Crippen molar-refractivity contribution in [1.82, 2.24) is 4.90 Å². The van der Waals surface area contributed by atoms with E-state index in [4.69, 9.17) is 0 Å². The van der Waals surface area contributed by atoms with E-state index in [1.807, 2.05) is 47.9 Å². The number of aryl methyl sites for hydroxylation is 2. The highest BCUT2D eigenvalue weighted by atomic mass is 19.1. The number of para-hydroxylation sites is 1. The van der Waals surface area contributed by atoms with Crippen LogP contribution in [-0.2, 0) is 0 Å². The molecule has 2 aromatic rings. The smallest absolute Gasteiger partial charge is 0.254 e. The molecule has 3 rings (SSSR count). The van der Waals surface area contributed by atoms with E-state index in [1.165, 1.54) is 6.07 Å². The third-order valence-corrected chi connectivity index (χ3v) is 4.37. The molecular weight excluding hydrogens is 291 g/mol. The molecule has 1 heterocycles. The van der Waals surface area contributed by atoms with Crippen LogP contribution >= 0.6 is 0 Å². The lowest BCUT2D eigenvalue weighted by molar-refractivity contribution is 0.0746. The fourth-order valence-corrected chi connectivity index (χ4v) is 3.08.